The van der Waals surface area contributed by atoms with Crippen LogP contribution in [0.15, 0.2) is 0 Å². The molecule has 4 unspecified atom stereocenters. The van der Waals surface area contributed by atoms with Gasteiger partial charge in [-0.2, -0.15) is 0 Å². The summed E-state index contributed by atoms with van der Waals surface area (Å²) in [6.07, 6.45) is 15.0. The number of hydrogen-bond donors (Lipinski definition) is 1. The molecule has 2 aliphatic carbocycles. The van der Waals surface area contributed by atoms with Crippen LogP contribution in [0.2, 0.25) is 0 Å². The zero-order valence-corrected chi connectivity index (χ0v) is 14.2. The van der Waals surface area contributed by atoms with Gasteiger partial charge in [-0.15, -0.1) is 0 Å². The van der Waals surface area contributed by atoms with Crippen LogP contribution >= 0.6 is 0 Å². The van der Waals surface area contributed by atoms with Crippen LogP contribution in [0.3, 0.4) is 0 Å². The highest BCUT2D eigenvalue weighted by Gasteiger charge is 2.42. The minimum Gasteiger partial charge on any atom is -0.372 e. The summed E-state index contributed by atoms with van der Waals surface area (Å²) in [6, 6.07) is 0.423. The second kappa shape index (κ2) is 6.58. The molecule has 1 saturated heterocycles. The summed E-state index contributed by atoms with van der Waals surface area (Å²) in [5.41, 5.74) is 6.71. The number of hydrogen-bond acceptors (Lipinski definition) is 2. The van der Waals surface area contributed by atoms with Gasteiger partial charge in [0, 0.05) is 6.04 Å². The second-order valence-electron chi connectivity index (χ2n) is 8.50. The Kier molecular flexibility index (Phi) is 4.95. The Morgan fingerprint density at radius 3 is 2.52 bits per heavy atom. The second-order valence-corrected chi connectivity index (χ2v) is 8.50. The van der Waals surface area contributed by atoms with Gasteiger partial charge in [0.05, 0.1) is 11.7 Å². The summed E-state index contributed by atoms with van der Waals surface area (Å²) < 4.78 is 6.58. The van der Waals surface area contributed by atoms with E-state index >= 15 is 0 Å². The number of rotatable bonds is 3. The maximum Gasteiger partial charge on any atom is 0.0687 e. The molecule has 1 heterocycles. The van der Waals surface area contributed by atoms with Crippen molar-refractivity contribution in [2.75, 3.05) is 0 Å². The summed E-state index contributed by atoms with van der Waals surface area (Å²) in [5, 5.41) is 0. The third-order valence-corrected chi connectivity index (χ3v) is 6.69. The van der Waals surface area contributed by atoms with E-state index in [-0.39, 0.29) is 5.60 Å². The molecule has 2 nitrogen and oxygen atoms in total. The zero-order chi connectivity index (χ0) is 14.9. The third-order valence-electron chi connectivity index (χ3n) is 6.69. The first kappa shape index (κ1) is 15.8. The fourth-order valence-electron chi connectivity index (χ4n) is 5.16. The Morgan fingerprint density at radius 2 is 1.81 bits per heavy atom. The normalized spacial score (nSPS) is 40.0. The highest BCUT2D eigenvalue weighted by atomic mass is 16.5. The Bertz CT molecular complexity index is 334. The Morgan fingerprint density at radius 1 is 1.05 bits per heavy atom. The fraction of sp³-hybridized carbons (Fsp3) is 1.00. The Labute approximate surface area is 131 Å². The number of ether oxygens (including phenoxy) is 1. The summed E-state index contributed by atoms with van der Waals surface area (Å²) in [5.74, 6) is 2.41. The molecule has 2 heteroatoms. The van der Waals surface area contributed by atoms with Crippen molar-refractivity contribution in [2.45, 2.75) is 102 Å². The van der Waals surface area contributed by atoms with Crippen LogP contribution in [0.25, 0.3) is 0 Å². The quantitative estimate of drug-likeness (QED) is 0.821. The molecule has 0 bridgehead atoms. The maximum absolute atomic E-state index is 6.58. The lowest BCUT2D eigenvalue weighted by Crippen LogP contribution is -2.39. The molecule has 3 aliphatic rings. The molecule has 0 aromatic carbocycles. The van der Waals surface area contributed by atoms with Crippen molar-refractivity contribution in [1.29, 1.82) is 0 Å². The molecule has 122 valence electrons. The van der Waals surface area contributed by atoms with Crippen LogP contribution < -0.4 is 5.73 Å². The molecule has 21 heavy (non-hydrogen) atoms. The summed E-state index contributed by atoms with van der Waals surface area (Å²) in [6.45, 7) is 4.75. The van der Waals surface area contributed by atoms with Gasteiger partial charge in [0.1, 0.15) is 0 Å². The lowest BCUT2D eigenvalue weighted by atomic mass is 9.72. The van der Waals surface area contributed by atoms with Gasteiger partial charge in [-0.3, -0.25) is 0 Å². The standard InChI is InChI=1S/C19H35NO/c1-14(2)15-6-7-18(20)16(12-15)13-17-8-11-19(21-17)9-4-3-5-10-19/h14-18H,3-13,20H2,1-2H3. The molecule has 3 rings (SSSR count). The Hall–Kier alpha value is -0.0800. The SMILES string of the molecule is CC(C)C1CCC(N)C(CC2CCC3(CCCCC3)O2)C1. The van der Waals surface area contributed by atoms with E-state index in [0.29, 0.717) is 18.1 Å². The molecular weight excluding hydrogens is 258 g/mol. The van der Waals surface area contributed by atoms with Crippen LogP contribution in [-0.4, -0.2) is 17.7 Å². The van der Waals surface area contributed by atoms with E-state index in [1.165, 1.54) is 70.6 Å². The van der Waals surface area contributed by atoms with E-state index in [9.17, 15) is 0 Å². The van der Waals surface area contributed by atoms with E-state index < -0.39 is 0 Å². The predicted molar refractivity (Wildman–Crippen MR) is 88.2 cm³/mol. The van der Waals surface area contributed by atoms with Gasteiger partial charge in [-0.05, 0) is 69.1 Å². The van der Waals surface area contributed by atoms with Gasteiger partial charge >= 0.3 is 0 Å². The van der Waals surface area contributed by atoms with Gasteiger partial charge in [0.2, 0.25) is 0 Å². The van der Waals surface area contributed by atoms with E-state index in [0.717, 1.165) is 11.8 Å². The third kappa shape index (κ3) is 3.64. The summed E-state index contributed by atoms with van der Waals surface area (Å²) in [7, 11) is 0. The predicted octanol–water partition coefficient (Wildman–Crippen LogP) is 4.66. The van der Waals surface area contributed by atoms with Crippen molar-refractivity contribution < 1.29 is 4.74 Å². The first-order valence-corrected chi connectivity index (χ1v) is 9.51. The lowest BCUT2D eigenvalue weighted by Gasteiger charge is -2.38. The van der Waals surface area contributed by atoms with Crippen LogP contribution in [-0.2, 0) is 4.74 Å². The van der Waals surface area contributed by atoms with Crippen LogP contribution in [0.1, 0.15) is 84.5 Å². The van der Waals surface area contributed by atoms with E-state index in [2.05, 4.69) is 13.8 Å². The average molecular weight is 293 g/mol. The molecule has 2 N–H and O–H groups in total. The highest BCUT2D eigenvalue weighted by molar-refractivity contribution is 4.93. The van der Waals surface area contributed by atoms with Crippen LogP contribution in [0.4, 0.5) is 0 Å². The van der Waals surface area contributed by atoms with Crippen molar-refractivity contribution in [3.8, 4) is 0 Å². The maximum atomic E-state index is 6.58. The molecular formula is C19H35NO. The lowest BCUT2D eigenvalue weighted by molar-refractivity contribution is -0.0729. The summed E-state index contributed by atoms with van der Waals surface area (Å²) >= 11 is 0. The average Bonchev–Trinajstić information content (AvgIpc) is 2.84. The molecule has 3 fully saturated rings. The molecule has 0 aromatic heterocycles. The van der Waals surface area contributed by atoms with Crippen molar-refractivity contribution in [3.63, 3.8) is 0 Å². The first-order chi connectivity index (χ1) is 10.1. The molecule has 0 amide bonds. The smallest absolute Gasteiger partial charge is 0.0687 e. The largest absolute Gasteiger partial charge is 0.372 e. The molecule has 0 aromatic rings. The molecule has 1 aliphatic heterocycles. The van der Waals surface area contributed by atoms with E-state index in [1.54, 1.807) is 0 Å². The van der Waals surface area contributed by atoms with Crippen molar-refractivity contribution >= 4 is 0 Å². The highest BCUT2D eigenvalue weighted by Crippen LogP contribution is 2.45. The first-order valence-electron chi connectivity index (χ1n) is 9.51. The van der Waals surface area contributed by atoms with Crippen LogP contribution in [0.5, 0.6) is 0 Å². The van der Waals surface area contributed by atoms with Crippen molar-refractivity contribution in [3.05, 3.63) is 0 Å². The monoisotopic (exact) mass is 293 g/mol. The van der Waals surface area contributed by atoms with Gasteiger partial charge in [0.25, 0.3) is 0 Å². The summed E-state index contributed by atoms with van der Waals surface area (Å²) in [4.78, 5) is 0. The fourth-order valence-corrected chi connectivity index (χ4v) is 5.16. The molecule has 2 saturated carbocycles. The topological polar surface area (TPSA) is 35.2 Å². The van der Waals surface area contributed by atoms with Crippen molar-refractivity contribution in [2.24, 2.45) is 23.5 Å². The minimum absolute atomic E-state index is 0.277. The Balaban J connectivity index is 1.54. The van der Waals surface area contributed by atoms with E-state index in [4.69, 9.17) is 10.5 Å². The number of nitrogens with two attached hydrogens (primary N) is 1. The molecule has 0 radical (unpaired) electrons. The van der Waals surface area contributed by atoms with Gasteiger partial charge in [0.15, 0.2) is 0 Å². The van der Waals surface area contributed by atoms with Gasteiger partial charge in [-0.1, -0.05) is 33.1 Å². The van der Waals surface area contributed by atoms with Crippen molar-refractivity contribution in [1.82, 2.24) is 0 Å². The van der Waals surface area contributed by atoms with Gasteiger partial charge in [-0.25, -0.2) is 0 Å². The minimum atomic E-state index is 0.277. The molecule has 1 spiro atoms. The van der Waals surface area contributed by atoms with Gasteiger partial charge < -0.3 is 10.5 Å². The van der Waals surface area contributed by atoms with Crippen LogP contribution in [0, 0.1) is 17.8 Å². The zero-order valence-electron chi connectivity index (χ0n) is 14.2. The van der Waals surface area contributed by atoms with E-state index in [1.807, 2.05) is 0 Å². The molecule has 4 atom stereocenters.